The molecular weight excluding hydrogens is 310 g/mol. The van der Waals surface area contributed by atoms with Crippen molar-refractivity contribution in [3.63, 3.8) is 0 Å². The van der Waals surface area contributed by atoms with Crippen LogP contribution in [0.15, 0.2) is 0 Å². The first kappa shape index (κ1) is 17.7. The first-order valence-corrected chi connectivity index (χ1v) is 9.30. The van der Waals surface area contributed by atoms with Gasteiger partial charge in [0.15, 0.2) is 5.41 Å². The van der Waals surface area contributed by atoms with Crippen molar-refractivity contribution in [2.75, 3.05) is 39.5 Å². The molecule has 24 heavy (non-hydrogen) atoms. The van der Waals surface area contributed by atoms with Gasteiger partial charge in [-0.3, -0.25) is 9.59 Å². The van der Waals surface area contributed by atoms with Crippen LogP contribution >= 0.6 is 0 Å². The largest absolute Gasteiger partial charge is 0.465 e. The van der Waals surface area contributed by atoms with Crippen LogP contribution in [0.3, 0.4) is 0 Å². The van der Waals surface area contributed by atoms with Crippen LogP contribution in [0, 0.1) is 5.41 Å². The maximum atomic E-state index is 13.3. The van der Waals surface area contributed by atoms with Gasteiger partial charge < -0.3 is 19.1 Å². The Morgan fingerprint density at radius 3 is 2.42 bits per heavy atom. The van der Waals surface area contributed by atoms with E-state index in [0.717, 1.165) is 25.7 Å². The molecule has 0 unspecified atom stereocenters. The quantitative estimate of drug-likeness (QED) is 0.580. The summed E-state index contributed by atoms with van der Waals surface area (Å²) in [5.41, 5.74) is -1.27. The Balaban J connectivity index is 1.77. The standard InChI is InChI=1S/C18H29NO5/c1-2-23-16(21)18(8-11-22-12-9-18)15(20)19-10-13-24-17(14-19)6-4-3-5-7-17/h2-14H2,1H3. The van der Waals surface area contributed by atoms with Crippen LogP contribution in [0.2, 0.25) is 0 Å². The lowest BCUT2D eigenvalue weighted by Gasteiger charge is -2.47. The number of esters is 1. The second kappa shape index (κ2) is 7.40. The molecule has 136 valence electrons. The van der Waals surface area contributed by atoms with E-state index >= 15 is 0 Å². The van der Waals surface area contributed by atoms with Crippen LogP contribution in [-0.4, -0.2) is 61.9 Å². The monoisotopic (exact) mass is 339 g/mol. The summed E-state index contributed by atoms with van der Waals surface area (Å²) in [7, 11) is 0. The van der Waals surface area contributed by atoms with Gasteiger partial charge in [-0.05, 0) is 32.6 Å². The highest BCUT2D eigenvalue weighted by molar-refractivity contribution is 6.03. The highest BCUT2D eigenvalue weighted by Crippen LogP contribution is 2.39. The van der Waals surface area contributed by atoms with E-state index in [0.29, 0.717) is 52.4 Å². The maximum absolute atomic E-state index is 13.3. The summed E-state index contributed by atoms with van der Waals surface area (Å²) in [6, 6.07) is 0. The van der Waals surface area contributed by atoms with Crippen molar-refractivity contribution >= 4 is 11.9 Å². The zero-order valence-electron chi connectivity index (χ0n) is 14.7. The molecule has 3 rings (SSSR count). The van der Waals surface area contributed by atoms with E-state index < -0.39 is 5.41 Å². The third kappa shape index (κ3) is 3.31. The average Bonchev–Trinajstić information content (AvgIpc) is 2.62. The summed E-state index contributed by atoms with van der Waals surface area (Å²) in [5, 5.41) is 0. The van der Waals surface area contributed by atoms with Gasteiger partial charge in [0.2, 0.25) is 5.91 Å². The summed E-state index contributed by atoms with van der Waals surface area (Å²) in [6.45, 7) is 4.65. The first-order valence-electron chi connectivity index (χ1n) is 9.30. The molecular formula is C18H29NO5. The normalized spacial score (nSPS) is 26.1. The second-order valence-corrected chi connectivity index (χ2v) is 7.23. The minimum Gasteiger partial charge on any atom is -0.465 e. The second-order valence-electron chi connectivity index (χ2n) is 7.23. The summed E-state index contributed by atoms with van der Waals surface area (Å²) in [4.78, 5) is 27.8. The van der Waals surface area contributed by atoms with E-state index in [4.69, 9.17) is 14.2 Å². The lowest BCUT2D eigenvalue weighted by Crippen LogP contribution is -2.60. The SMILES string of the molecule is CCOC(=O)C1(C(=O)N2CCOC3(CCCCC3)C2)CCOCC1. The Morgan fingerprint density at radius 1 is 1.04 bits per heavy atom. The van der Waals surface area contributed by atoms with Crippen LogP contribution in [0.1, 0.15) is 51.9 Å². The van der Waals surface area contributed by atoms with Gasteiger partial charge in [-0.25, -0.2) is 0 Å². The fourth-order valence-electron chi connectivity index (χ4n) is 4.31. The number of morpholine rings is 1. The highest BCUT2D eigenvalue weighted by atomic mass is 16.5. The molecule has 1 saturated carbocycles. The molecule has 1 amide bonds. The number of hydrogen-bond donors (Lipinski definition) is 0. The Hall–Kier alpha value is -1.14. The Bertz CT molecular complexity index is 461. The number of rotatable bonds is 3. The van der Waals surface area contributed by atoms with Gasteiger partial charge in [0.1, 0.15) is 0 Å². The number of ether oxygens (including phenoxy) is 3. The van der Waals surface area contributed by atoms with Gasteiger partial charge in [-0.1, -0.05) is 19.3 Å². The van der Waals surface area contributed by atoms with Crippen molar-refractivity contribution in [1.82, 2.24) is 4.90 Å². The van der Waals surface area contributed by atoms with E-state index in [1.165, 1.54) is 6.42 Å². The topological polar surface area (TPSA) is 65.1 Å². The van der Waals surface area contributed by atoms with Gasteiger partial charge in [0.25, 0.3) is 0 Å². The Labute approximate surface area is 143 Å². The predicted molar refractivity (Wildman–Crippen MR) is 87.5 cm³/mol. The van der Waals surface area contributed by atoms with Crippen molar-refractivity contribution < 1.29 is 23.8 Å². The lowest BCUT2D eigenvalue weighted by atomic mass is 9.77. The molecule has 0 atom stereocenters. The predicted octanol–water partition coefficient (Wildman–Crippen LogP) is 1.91. The summed E-state index contributed by atoms with van der Waals surface area (Å²) < 4.78 is 16.7. The molecule has 0 bridgehead atoms. The van der Waals surface area contributed by atoms with Gasteiger partial charge in [-0.2, -0.15) is 0 Å². The molecule has 1 aliphatic carbocycles. The van der Waals surface area contributed by atoms with Crippen molar-refractivity contribution in [2.24, 2.45) is 5.41 Å². The fourth-order valence-corrected chi connectivity index (χ4v) is 4.31. The molecule has 2 aliphatic heterocycles. The summed E-state index contributed by atoms with van der Waals surface area (Å²) >= 11 is 0. The highest BCUT2D eigenvalue weighted by Gasteiger charge is 2.52. The molecule has 1 spiro atoms. The van der Waals surface area contributed by atoms with E-state index in [1.54, 1.807) is 6.92 Å². The molecule has 0 aromatic heterocycles. The van der Waals surface area contributed by atoms with E-state index in [2.05, 4.69) is 0 Å². The smallest absolute Gasteiger partial charge is 0.321 e. The van der Waals surface area contributed by atoms with Crippen LogP contribution in [-0.2, 0) is 23.8 Å². The number of hydrogen-bond acceptors (Lipinski definition) is 5. The molecule has 2 heterocycles. The number of carbonyl (C=O) groups excluding carboxylic acids is 2. The van der Waals surface area contributed by atoms with Gasteiger partial charge in [-0.15, -0.1) is 0 Å². The molecule has 0 radical (unpaired) electrons. The number of nitrogens with zero attached hydrogens (tertiary/aromatic N) is 1. The molecule has 3 aliphatic rings. The van der Waals surface area contributed by atoms with E-state index in [-0.39, 0.29) is 17.5 Å². The molecule has 6 nitrogen and oxygen atoms in total. The van der Waals surface area contributed by atoms with E-state index in [1.807, 2.05) is 4.90 Å². The van der Waals surface area contributed by atoms with Crippen molar-refractivity contribution in [3.8, 4) is 0 Å². The van der Waals surface area contributed by atoms with Crippen LogP contribution in [0.5, 0.6) is 0 Å². The molecule has 3 fully saturated rings. The van der Waals surface area contributed by atoms with E-state index in [9.17, 15) is 9.59 Å². The Morgan fingerprint density at radius 2 is 1.75 bits per heavy atom. The van der Waals surface area contributed by atoms with Gasteiger partial charge in [0, 0.05) is 26.3 Å². The molecule has 0 aromatic carbocycles. The van der Waals surface area contributed by atoms with Crippen LogP contribution < -0.4 is 0 Å². The third-order valence-corrected chi connectivity index (χ3v) is 5.72. The number of amides is 1. The van der Waals surface area contributed by atoms with Gasteiger partial charge >= 0.3 is 5.97 Å². The molecule has 0 aromatic rings. The number of carbonyl (C=O) groups is 2. The van der Waals surface area contributed by atoms with Gasteiger partial charge in [0.05, 0.1) is 18.8 Å². The minimum atomic E-state index is -1.07. The van der Waals surface area contributed by atoms with Crippen LogP contribution in [0.25, 0.3) is 0 Å². The van der Waals surface area contributed by atoms with Crippen molar-refractivity contribution in [3.05, 3.63) is 0 Å². The van der Waals surface area contributed by atoms with Crippen molar-refractivity contribution in [2.45, 2.75) is 57.5 Å². The molecule has 6 heteroatoms. The molecule has 2 saturated heterocycles. The average molecular weight is 339 g/mol. The lowest BCUT2D eigenvalue weighted by molar-refractivity contribution is -0.181. The summed E-state index contributed by atoms with van der Waals surface area (Å²) in [5.74, 6) is -0.472. The minimum absolute atomic E-state index is 0.0856. The summed E-state index contributed by atoms with van der Waals surface area (Å²) in [6.07, 6.45) is 6.38. The fraction of sp³-hybridized carbons (Fsp3) is 0.889. The van der Waals surface area contributed by atoms with Crippen LogP contribution in [0.4, 0.5) is 0 Å². The Kier molecular flexibility index (Phi) is 5.45. The first-order chi connectivity index (χ1) is 11.6. The zero-order chi connectivity index (χ0) is 17.0. The molecule has 0 N–H and O–H groups in total. The maximum Gasteiger partial charge on any atom is 0.321 e. The third-order valence-electron chi connectivity index (χ3n) is 5.72. The van der Waals surface area contributed by atoms with Crippen molar-refractivity contribution in [1.29, 1.82) is 0 Å². The zero-order valence-corrected chi connectivity index (χ0v) is 14.7.